The van der Waals surface area contributed by atoms with Gasteiger partial charge in [0.2, 0.25) is 5.91 Å². The number of aromatic nitrogens is 2. The van der Waals surface area contributed by atoms with Crippen molar-refractivity contribution in [3.8, 4) is 0 Å². The van der Waals surface area contributed by atoms with Gasteiger partial charge in [0.15, 0.2) is 0 Å². The molecule has 1 amide bonds. The minimum Gasteiger partial charge on any atom is -0.356 e. The molecule has 1 fully saturated rings. The maximum absolute atomic E-state index is 13.0. The number of likely N-dealkylation sites (N-methyl/N-ethyl adjacent to an activating group) is 1. The fraction of sp³-hybridized carbons (Fsp3) is 0.500. The van der Waals surface area contributed by atoms with Crippen LogP contribution in [0, 0.1) is 19.8 Å². The molecule has 0 unspecified atom stereocenters. The molecule has 2 aromatic heterocycles. The third-order valence-electron chi connectivity index (χ3n) is 6.98. The SMILES string of the molecule is CCc1ccc([C@@H](CNC(=O)C2CCN(c3ncnc4sc(C)c(C)c34)CC2)N(C)C)cc1. The molecule has 6 nitrogen and oxygen atoms in total. The minimum absolute atomic E-state index is 0.0502. The summed E-state index contributed by atoms with van der Waals surface area (Å²) < 4.78 is 0. The zero-order chi connectivity index (χ0) is 23.5. The van der Waals surface area contributed by atoms with Crippen LogP contribution in [0.2, 0.25) is 0 Å². The highest BCUT2D eigenvalue weighted by Crippen LogP contribution is 2.35. The Kier molecular flexibility index (Phi) is 7.29. The molecule has 0 saturated carbocycles. The van der Waals surface area contributed by atoms with Crippen molar-refractivity contribution >= 4 is 33.3 Å². The number of nitrogens with one attached hydrogen (secondary N) is 1. The van der Waals surface area contributed by atoms with Gasteiger partial charge in [-0.3, -0.25) is 4.79 Å². The Balaban J connectivity index is 1.36. The van der Waals surface area contributed by atoms with Gasteiger partial charge in [0.1, 0.15) is 17.0 Å². The summed E-state index contributed by atoms with van der Waals surface area (Å²) in [5, 5.41) is 4.41. The molecule has 176 valence electrons. The van der Waals surface area contributed by atoms with Crippen LogP contribution in [0.25, 0.3) is 10.2 Å². The summed E-state index contributed by atoms with van der Waals surface area (Å²) in [5.41, 5.74) is 3.84. The van der Waals surface area contributed by atoms with Crippen molar-refractivity contribution in [1.29, 1.82) is 0 Å². The van der Waals surface area contributed by atoms with Crippen LogP contribution in [0.3, 0.4) is 0 Å². The number of benzene rings is 1. The summed E-state index contributed by atoms with van der Waals surface area (Å²) in [5.74, 6) is 1.24. The van der Waals surface area contributed by atoms with Gasteiger partial charge in [-0.15, -0.1) is 11.3 Å². The lowest BCUT2D eigenvalue weighted by molar-refractivity contribution is -0.125. The number of rotatable bonds is 7. The van der Waals surface area contributed by atoms with Crippen LogP contribution in [-0.2, 0) is 11.2 Å². The summed E-state index contributed by atoms with van der Waals surface area (Å²) in [4.78, 5) is 28.9. The number of thiophene rings is 1. The highest BCUT2D eigenvalue weighted by atomic mass is 32.1. The van der Waals surface area contributed by atoms with Crippen LogP contribution in [-0.4, -0.2) is 54.5 Å². The van der Waals surface area contributed by atoms with Crippen LogP contribution in [0.15, 0.2) is 30.6 Å². The van der Waals surface area contributed by atoms with Gasteiger partial charge in [0.05, 0.1) is 11.4 Å². The number of hydrogen-bond donors (Lipinski definition) is 1. The first-order valence-corrected chi connectivity index (χ1v) is 12.7. The van der Waals surface area contributed by atoms with Gasteiger partial charge in [-0.2, -0.15) is 0 Å². The lowest BCUT2D eigenvalue weighted by Crippen LogP contribution is -2.43. The monoisotopic (exact) mass is 465 g/mol. The summed E-state index contributed by atoms with van der Waals surface area (Å²) >= 11 is 1.73. The van der Waals surface area contributed by atoms with Crippen molar-refractivity contribution in [2.75, 3.05) is 38.6 Å². The van der Waals surface area contributed by atoms with E-state index >= 15 is 0 Å². The van der Waals surface area contributed by atoms with Crippen molar-refractivity contribution in [3.05, 3.63) is 52.2 Å². The zero-order valence-electron chi connectivity index (χ0n) is 20.4. The Morgan fingerprint density at radius 1 is 1.18 bits per heavy atom. The van der Waals surface area contributed by atoms with Crippen LogP contribution < -0.4 is 10.2 Å². The molecule has 0 aliphatic carbocycles. The second-order valence-electron chi connectivity index (χ2n) is 9.24. The second kappa shape index (κ2) is 10.2. The quantitative estimate of drug-likeness (QED) is 0.556. The van der Waals surface area contributed by atoms with E-state index in [2.05, 4.69) is 84.2 Å². The molecule has 1 aliphatic heterocycles. The van der Waals surface area contributed by atoms with Crippen LogP contribution >= 0.6 is 11.3 Å². The molecule has 0 spiro atoms. The van der Waals surface area contributed by atoms with Crippen LogP contribution in [0.5, 0.6) is 0 Å². The fourth-order valence-corrected chi connectivity index (χ4v) is 5.66. The van der Waals surface area contributed by atoms with E-state index in [1.807, 2.05) is 0 Å². The summed E-state index contributed by atoms with van der Waals surface area (Å²) in [6.07, 6.45) is 4.39. The van der Waals surface area contributed by atoms with Crippen molar-refractivity contribution in [2.24, 2.45) is 5.92 Å². The number of amides is 1. The van der Waals surface area contributed by atoms with Gasteiger partial charge < -0.3 is 15.1 Å². The summed E-state index contributed by atoms with van der Waals surface area (Å²) in [7, 11) is 4.14. The van der Waals surface area contributed by atoms with Crippen LogP contribution in [0.1, 0.15) is 47.4 Å². The topological polar surface area (TPSA) is 61.4 Å². The van der Waals surface area contributed by atoms with E-state index in [0.717, 1.165) is 43.0 Å². The van der Waals surface area contributed by atoms with E-state index in [-0.39, 0.29) is 17.9 Å². The van der Waals surface area contributed by atoms with E-state index in [0.29, 0.717) is 6.54 Å². The zero-order valence-corrected chi connectivity index (χ0v) is 21.2. The third kappa shape index (κ3) is 5.04. The van der Waals surface area contributed by atoms with E-state index in [4.69, 9.17) is 0 Å². The molecule has 1 aliphatic rings. The van der Waals surface area contributed by atoms with E-state index < -0.39 is 0 Å². The number of nitrogens with zero attached hydrogens (tertiary/aromatic N) is 4. The maximum Gasteiger partial charge on any atom is 0.223 e. The number of carbonyl (C=O) groups is 1. The predicted molar refractivity (Wildman–Crippen MR) is 137 cm³/mol. The Labute approximate surface area is 201 Å². The van der Waals surface area contributed by atoms with Crippen molar-refractivity contribution in [3.63, 3.8) is 0 Å². The molecule has 4 rings (SSSR count). The molecule has 0 bridgehead atoms. The lowest BCUT2D eigenvalue weighted by atomic mass is 9.95. The van der Waals surface area contributed by atoms with Gasteiger partial charge in [-0.25, -0.2) is 9.97 Å². The van der Waals surface area contributed by atoms with Crippen molar-refractivity contribution in [2.45, 2.75) is 46.1 Å². The maximum atomic E-state index is 13.0. The molecule has 33 heavy (non-hydrogen) atoms. The molecule has 1 aromatic carbocycles. The van der Waals surface area contributed by atoms with Crippen molar-refractivity contribution < 1.29 is 4.79 Å². The molecule has 1 N–H and O–H groups in total. The fourth-order valence-electron chi connectivity index (χ4n) is 4.67. The average molecular weight is 466 g/mol. The minimum atomic E-state index is 0.0502. The van der Waals surface area contributed by atoms with Gasteiger partial charge in [0, 0.05) is 30.4 Å². The first-order valence-electron chi connectivity index (χ1n) is 11.9. The number of carbonyl (C=O) groups excluding carboxylic acids is 1. The average Bonchev–Trinajstić information content (AvgIpc) is 3.13. The number of anilines is 1. The number of aryl methyl sites for hydroxylation is 3. The second-order valence-corrected chi connectivity index (χ2v) is 10.4. The molecule has 1 saturated heterocycles. The van der Waals surface area contributed by atoms with Gasteiger partial charge >= 0.3 is 0 Å². The molecule has 3 aromatic rings. The number of piperidine rings is 1. The number of hydrogen-bond acceptors (Lipinski definition) is 6. The molecule has 1 atom stereocenters. The highest BCUT2D eigenvalue weighted by Gasteiger charge is 2.28. The van der Waals surface area contributed by atoms with Gasteiger partial charge in [-0.1, -0.05) is 31.2 Å². The molecule has 3 heterocycles. The third-order valence-corrected chi connectivity index (χ3v) is 8.09. The Morgan fingerprint density at radius 3 is 2.52 bits per heavy atom. The molecule has 0 radical (unpaired) electrons. The van der Waals surface area contributed by atoms with E-state index in [1.165, 1.54) is 27.0 Å². The standard InChI is InChI=1S/C26H35N5OS/c1-6-19-7-9-20(10-8-19)22(30(4)5)15-27-25(32)21-11-13-31(14-12-21)24-23-17(2)18(3)33-26(23)29-16-28-24/h7-10,16,21-22H,6,11-15H2,1-5H3,(H,27,32)/t22-/m1/s1. The summed E-state index contributed by atoms with van der Waals surface area (Å²) in [6, 6.07) is 8.91. The van der Waals surface area contributed by atoms with Gasteiger partial charge in [0.25, 0.3) is 0 Å². The normalized spacial score (nSPS) is 15.9. The number of fused-ring (bicyclic) bond motifs is 1. The van der Waals surface area contributed by atoms with E-state index in [1.54, 1.807) is 17.7 Å². The Hall–Kier alpha value is -2.51. The van der Waals surface area contributed by atoms with Gasteiger partial charge in [-0.05, 0) is 63.9 Å². The molecule has 7 heteroatoms. The summed E-state index contributed by atoms with van der Waals surface area (Å²) in [6.45, 7) is 8.76. The first kappa shape index (κ1) is 23.6. The van der Waals surface area contributed by atoms with E-state index in [9.17, 15) is 4.79 Å². The Morgan fingerprint density at radius 2 is 1.88 bits per heavy atom. The lowest BCUT2D eigenvalue weighted by Gasteiger charge is -2.33. The first-order chi connectivity index (χ1) is 15.9. The predicted octanol–water partition coefficient (Wildman–Crippen LogP) is 4.51. The highest BCUT2D eigenvalue weighted by molar-refractivity contribution is 7.18. The largest absolute Gasteiger partial charge is 0.356 e. The van der Waals surface area contributed by atoms with Crippen LogP contribution in [0.4, 0.5) is 5.82 Å². The van der Waals surface area contributed by atoms with Crippen molar-refractivity contribution in [1.82, 2.24) is 20.2 Å². The molecular weight excluding hydrogens is 430 g/mol. The Bertz CT molecular complexity index is 1100. The molecular formula is C26H35N5OS. The smallest absolute Gasteiger partial charge is 0.223 e.